The minimum Gasteiger partial charge on any atom is -0.494 e. The van der Waals surface area contributed by atoms with Gasteiger partial charge in [-0.15, -0.1) is 0 Å². The zero-order valence-corrected chi connectivity index (χ0v) is 21.7. The van der Waals surface area contributed by atoms with Gasteiger partial charge >= 0.3 is 5.97 Å². The molecule has 0 bridgehead atoms. The summed E-state index contributed by atoms with van der Waals surface area (Å²) in [6.45, 7) is 5.07. The van der Waals surface area contributed by atoms with Crippen molar-refractivity contribution in [2.45, 2.75) is 97.3 Å². The SMILES string of the molecule is CCCCCC1CCC(CCCOc2ccc(C(=O)Oc3ccc(CCCC)cc3F)cc2)CC1. The Labute approximate surface area is 211 Å². The molecule has 1 fully saturated rings. The molecule has 4 heteroatoms. The van der Waals surface area contributed by atoms with Gasteiger partial charge in [-0.1, -0.05) is 77.7 Å². The smallest absolute Gasteiger partial charge is 0.343 e. The van der Waals surface area contributed by atoms with E-state index in [0.717, 1.165) is 48.8 Å². The van der Waals surface area contributed by atoms with E-state index < -0.39 is 11.8 Å². The van der Waals surface area contributed by atoms with Crippen LogP contribution in [0.4, 0.5) is 4.39 Å². The first kappa shape index (κ1) is 27.2. The fourth-order valence-electron chi connectivity index (χ4n) is 5.06. The van der Waals surface area contributed by atoms with Gasteiger partial charge in [-0.2, -0.15) is 0 Å². The molecule has 192 valence electrons. The predicted molar refractivity (Wildman–Crippen MR) is 141 cm³/mol. The number of hydrogen-bond donors (Lipinski definition) is 0. The van der Waals surface area contributed by atoms with E-state index in [1.807, 2.05) is 6.07 Å². The Morgan fingerprint density at radius 1 is 0.857 bits per heavy atom. The maximum Gasteiger partial charge on any atom is 0.343 e. The van der Waals surface area contributed by atoms with Crippen LogP contribution >= 0.6 is 0 Å². The van der Waals surface area contributed by atoms with Crippen LogP contribution in [-0.2, 0) is 6.42 Å². The molecule has 1 aliphatic carbocycles. The van der Waals surface area contributed by atoms with E-state index >= 15 is 0 Å². The molecule has 0 heterocycles. The van der Waals surface area contributed by atoms with E-state index in [4.69, 9.17) is 9.47 Å². The maximum atomic E-state index is 14.3. The highest BCUT2D eigenvalue weighted by Crippen LogP contribution is 2.34. The summed E-state index contributed by atoms with van der Waals surface area (Å²) in [5.41, 5.74) is 1.29. The zero-order chi connectivity index (χ0) is 24.9. The number of benzene rings is 2. The van der Waals surface area contributed by atoms with Crippen LogP contribution in [0.3, 0.4) is 0 Å². The molecule has 2 aromatic rings. The zero-order valence-electron chi connectivity index (χ0n) is 21.7. The fraction of sp³-hybridized carbons (Fsp3) is 0.581. The Morgan fingerprint density at radius 3 is 2.14 bits per heavy atom. The van der Waals surface area contributed by atoms with Gasteiger partial charge in [0, 0.05) is 0 Å². The molecule has 0 N–H and O–H groups in total. The van der Waals surface area contributed by atoms with Crippen molar-refractivity contribution in [2.24, 2.45) is 11.8 Å². The number of aryl methyl sites for hydroxylation is 1. The first-order valence-electron chi connectivity index (χ1n) is 13.8. The Balaban J connectivity index is 1.35. The third-order valence-electron chi connectivity index (χ3n) is 7.32. The minimum atomic E-state index is -0.568. The molecule has 3 nitrogen and oxygen atoms in total. The standard InChI is InChI=1S/C31H43FO3/c1-3-5-7-10-24-12-14-25(15-13-24)11-8-22-34-28-19-17-27(18-20-28)31(33)35-30-21-16-26(9-6-4-2)23-29(30)32/h16-21,23-25H,3-15,22H2,1-2H3. The summed E-state index contributed by atoms with van der Waals surface area (Å²) in [5.74, 6) is 1.44. The topological polar surface area (TPSA) is 35.5 Å². The van der Waals surface area contributed by atoms with Gasteiger partial charge in [-0.25, -0.2) is 9.18 Å². The molecule has 0 aliphatic heterocycles. The lowest BCUT2D eigenvalue weighted by Crippen LogP contribution is -2.15. The number of halogens is 1. The lowest BCUT2D eigenvalue weighted by Gasteiger charge is -2.28. The molecule has 0 saturated heterocycles. The molecular formula is C31H43FO3. The highest BCUT2D eigenvalue weighted by molar-refractivity contribution is 5.91. The van der Waals surface area contributed by atoms with Crippen LogP contribution in [0, 0.1) is 17.7 Å². The molecular weight excluding hydrogens is 439 g/mol. The van der Waals surface area contributed by atoms with Crippen molar-refractivity contribution in [2.75, 3.05) is 6.61 Å². The second kappa shape index (κ2) is 14.9. The molecule has 1 aliphatic rings. The van der Waals surface area contributed by atoms with Crippen LogP contribution in [0.15, 0.2) is 42.5 Å². The summed E-state index contributed by atoms with van der Waals surface area (Å²) in [6.07, 6.45) is 16.2. The van der Waals surface area contributed by atoms with Gasteiger partial charge in [0.2, 0.25) is 0 Å². The van der Waals surface area contributed by atoms with Gasteiger partial charge in [0.05, 0.1) is 12.2 Å². The molecule has 1 saturated carbocycles. The Kier molecular flexibility index (Phi) is 11.6. The van der Waals surface area contributed by atoms with Crippen molar-refractivity contribution in [3.63, 3.8) is 0 Å². The largest absolute Gasteiger partial charge is 0.494 e. The lowest BCUT2D eigenvalue weighted by molar-refractivity contribution is 0.0727. The number of ether oxygens (including phenoxy) is 2. The molecule has 3 rings (SSSR count). The number of carbonyl (C=O) groups is 1. The second-order valence-electron chi connectivity index (χ2n) is 10.2. The summed E-state index contributed by atoms with van der Waals surface area (Å²) in [5, 5.41) is 0. The molecule has 0 amide bonds. The molecule has 0 aromatic heterocycles. The molecule has 35 heavy (non-hydrogen) atoms. The van der Waals surface area contributed by atoms with Crippen LogP contribution in [0.5, 0.6) is 11.5 Å². The van der Waals surface area contributed by atoms with Gasteiger partial charge in [0.25, 0.3) is 0 Å². The number of carbonyl (C=O) groups excluding carboxylic acids is 1. The van der Waals surface area contributed by atoms with Crippen molar-refractivity contribution in [1.82, 2.24) is 0 Å². The second-order valence-corrected chi connectivity index (χ2v) is 10.2. The Hall–Kier alpha value is -2.36. The van der Waals surface area contributed by atoms with Crippen molar-refractivity contribution in [3.05, 3.63) is 59.4 Å². The van der Waals surface area contributed by atoms with E-state index in [9.17, 15) is 9.18 Å². The average molecular weight is 483 g/mol. The van der Waals surface area contributed by atoms with Crippen LogP contribution in [-0.4, -0.2) is 12.6 Å². The number of rotatable bonds is 14. The van der Waals surface area contributed by atoms with E-state index in [0.29, 0.717) is 12.2 Å². The van der Waals surface area contributed by atoms with Gasteiger partial charge < -0.3 is 9.47 Å². The molecule has 0 unspecified atom stereocenters. The summed E-state index contributed by atoms with van der Waals surface area (Å²) in [6, 6.07) is 11.7. The quantitative estimate of drug-likeness (QED) is 0.153. The molecule has 0 radical (unpaired) electrons. The summed E-state index contributed by atoms with van der Waals surface area (Å²) < 4.78 is 25.5. The molecule has 0 spiro atoms. The van der Waals surface area contributed by atoms with E-state index in [2.05, 4.69) is 13.8 Å². The van der Waals surface area contributed by atoms with Crippen molar-refractivity contribution in [1.29, 1.82) is 0 Å². The van der Waals surface area contributed by atoms with Crippen LogP contribution in [0.25, 0.3) is 0 Å². The summed E-state index contributed by atoms with van der Waals surface area (Å²) in [4.78, 5) is 12.4. The van der Waals surface area contributed by atoms with Crippen LogP contribution in [0.1, 0.15) is 107 Å². The summed E-state index contributed by atoms with van der Waals surface area (Å²) in [7, 11) is 0. The Morgan fingerprint density at radius 2 is 1.51 bits per heavy atom. The summed E-state index contributed by atoms with van der Waals surface area (Å²) >= 11 is 0. The normalized spacial score (nSPS) is 17.8. The number of hydrogen-bond acceptors (Lipinski definition) is 3. The van der Waals surface area contributed by atoms with Crippen molar-refractivity contribution >= 4 is 5.97 Å². The van der Waals surface area contributed by atoms with Gasteiger partial charge in [-0.3, -0.25) is 0 Å². The van der Waals surface area contributed by atoms with Gasteiger partial charge in [0.1, 0.15) is 5.75 Å². The van der Waals surface area contributed by atoms with E-state index in [-0.39, 0.29) is 5.75 Å². The highest BCUT2D eigenvalue weighted by Gasteiger charge is 2.20. The van der Waals surface area contributed by atoms with Gasteiger partial charge in [0.15, 0.2) is 11.6 Å². The number of esters is 1. The van der Waals surface area contributed by atoms with Crippen LogP contribution < -0.4 is 9.47 Å². The number of unbranched alkanes of at least 4 members (excludes halogenated alkanes) is 3. The van der Waals surface area contributed by atoms with E-state index in [1.165, 1.54) is 69.9 Å². The fourth-order valence-corrected chi connectivity index (χ4v) is 5.06. The Bertz CT molecular complexity index is 885. The third kappa shape index (κ3) is 9.31. The highest BCUT2D eigenvalue weighted by atomic mass is 19.1. The predicted octanol–water partition coefficient (Wildman–Crippen LogP) is 8.93. The van der Waals surface area contributed by atoms with Crippen LogP contribution in [0.2, 0.25) is 0 Å². The van der Waals surface area contributed by atoms with Crippen molar-refractivity contribution in [3.8, 4) is 11.5 Å². The average Bonchev–Trinajstić information content (AvgIpc) is 2.88. The monoisotopic (exact) mass is 482 g/mol. The van der Waals surface area contributed by atoms with E-state index in [1.54, 1.807) is 24.3 Å². The minimum absolute atomic E-state index is 0.0365. The van der Waals surface area contributed by atoms with Crippen molar-refractivity contribution < 1.29 is 18.7 Å². The molecule has 2 aromatic carbocycles. The first-order valence-corrected chi connectivity index (χ1v) is 13.8. The molecule has 0 atom stereocenters. The van der Waals surface area contributed by atoms with Gasteiger partial charge in [-0.05, 0) is 79.5 Å². The maximum absolute atomic E-state index is 14.3. The lowest BCUT2D eigenvalue weighted by atomic mass is 9.78. The third-order valence-corrected chi connectivity index (χ3v) is 7.32. The first-order chi connectivity index (χ1) is 17.1.